The molecule has 0 heterocycles. The molecule has 1 aliphatic carbocycles. The van der Waals surface area contributed by atoms with Crippen molar-refractivity contribution >= 4 is 0 Å². The highest BCUT2D eigenvalue weighted by atomic mass is 16.5. The summed E-state index contributed by atoms with van der Waals surface area (Å²) >= 11 is 0. The average Bonchev–Trinajstić information content (AvgIpc) is 3.30. The second-order valence-corrected chi connectivity index (χ2v) is 5.60. The highest BCUT2D eigenvalue weighted by Crippen LogP contribution is 2.36. The lowest BCUT2D eigenvalue weighted by Gasteiger charge is -2.18. The molecule has 2 atom stereocenters. The standard InChI is InChI=1S/C16H25NO3/c1-11(12-4-5-12)9-17-10-15(18)14-8-13(19-2)6-7-16(14)20-3/h6-8,11-12,15,17-18H,4-5,9-10H2,1-3H3. The molecule has 20 heavy (non-hydrogen) atoms. The molecule has 4 heteroatoms. The largest absolute Gasteiger partial charge is 0.497 e. The molecule has 1 aromatic rings. The van der Waals surface area contributed by atoms with Crippen LogP contribution in [0.2, 0.25) is 0 Å². The van der Waals surface area contributed by atoms with Crippen LogP contribution in [-0.2, 0) is 0 Å². The molecule has 1 saturated carbocycles. The molecule has 1 aliphatic rings. The Balaban J connectivity index is 1.91. The van der Waals surface area contributed by atoms with Gasteiger partial charge >= 0.3 is 0 Å². The molecular weight excluding hydrogens is 254 g/mol. The molecule has 2 rings (SSSR count). The minimum Gasteiger partial charge on any atom is -0.497 e. The zero-order chi connectivity index (χ0) is 14.5. The van der Waals surface area contributed by atoms with E-state index in [2.05, 4.69) is 12.2 Å². The lowest BCUT2D eigenvalue weighted by Crippen LogP contribution is -2.27. The van der Waals surface area contributed by atoms with E-state index in [1.807, 2.05) is 18.2 Å². The van der Waals surface area contributed by atoms with Crippen molar-refractivity contribution in [2.24, 2.45) is 11.8 Å². The van der Waals surface area contributed by atoms with Gasteiger partial charge in [-0.2, -0.15) is 0 Å². The molecular formula is C16H25NO3. The number of benzene rings is 1. The number of hydrogen-bond acceptors (Lipinski definition) is 4. The maximum Gasteiger partial charge on any atom is 0.124 e. The minimum atomic E-state index is -0.591. The highest BCUT2D eigenvalue weighted by Gasteiger charge is 2.27. The molecule has 0 bridgehead atoms. The smallest absolute Gasteiger partial charge is 0.124 e. The molecule has 2 N–H and O–H groups in total. The molecule has 0 saturated heterocycles. The van der Waals surface area contributed by atoms with Gasteiger partial charge in [-0.3, -0.25) is 0 Å². The van der Waals surface area contributed by atoms with Crippen molar-refractivity contribution in [3.63, 3.8) is 0 Å². The van der Waals surface area contributed by atoms with Crippen LogP contribution in [-0.4, -0.2) is 32.4 Å². The Morgan fingerprint density at radius 1 is 1.25 bits per heavy atom. The molecule has 1 fully saturated rings. The quantitative estimate of drug-likeness (QED) is 0.767. The van der Waals surface area contributed by atoms with Crippen LogP contribution in [0.3, 0.4) is 0 Å². The van der Waals surface area contributed by atoms with E-state index in [4.69, 9.17) is 9.47 Å². The van der Waals surface area contributed by atoms with E-state index in [1.54, 1.807) is 14.2 Å². The van der Waals surface area contributed by atoms with Crippen LogP contribution in [0.1, 0.15) is 31.4 Å². The number of rotatable bonds is 8. The fraction of sp³-hybridized carbons (Fsp3) is 0.625. The summed E-state index contributed by atoms with van der Waals surface area (Å²) in [7, 11) is 3.23. The fourth-order valence-electron chi connectivity index (χ4n) is 2.49. The lowest BCUT2D eigenvalue weighted by molar-refractivity contribution is 0.168. The van der Waals surface area contributed by atoms with Gasteiger partial charge < -0.3 is 19.9 Å². The molecule has 4 nitrogen and oxygen atoms in total. The minimum absolute atomic E-state index is 0.528. The number of aliphatic hydroxyl groups excluding tert-OH is 1. The zero-order valence-electron chi connectivity index (χ0n) is 12.6. The molecule has 0 amide bonds. The van der Waals surface area contributed by atoms with Gasteiger partial charge in [0.2, 0.25) is 0 Å². The first-order chi connectivity index (χ1) is 9.65. The van der Waals surface area contributed by atoms with Crippen LogP contribution in [0.5, 0.6) is 11.5 Å². The molecule has 0 aliphatic heterocycles. The second-order valence-electron chi connectivity index (χ2n) is 5.60. The van der Waals surface area contributed by atoms with Gasteiger partial charge in [0.25, 0.3) is 0 Å². The fourth-order valence-corrected chi connectivity index (χ4v) is 2.49. The highest BCUT2D eigenvalue weighted by molar-refractivity contribution is 5.41. The van der Waals surface area contributed by atoms with Gasteiger partial charge in [-0.05, 0) is 49.4 Å². The van der Waals surface area contributed by atoms with Crippen molar-refractivity contribution in [1.29, 1.82) is 0 Å². The normalized spacial score (nSPS) is 17.6. The van der Waals surface area contributed by atoms with Crippen LogP contribution in [0.25, 0.3) is 0 Å². The summed E-state index contributed by atoms with van der Waals surface area (Å²) in [4.78, 5) is 0. The van der Waals surface area contributed by atoms with E-state index in [1.165, 1.54) is 12.8 Å². The van der Waals surface area contributed by atoms with Crippen molar-refractivity contribution in [2.75, 3.05) is 27.3 Å². The van der Waals surface area contributed by atoms with Gasteiger partial charge in [-0.15, -0.1) is 0 Å². The zero-order valence-corrected chi connectivity index (χ0v) is 12.6. The number of nitrogens with one attached hydrogen (secondary N) is 1. The Hall–Kier alpha value is -1.26. The van der Waals surface area contributed by atoms with Crippen LogP contribution in [0.15, 0.2) is 18.2 Å². The maximum absolute atomic E-state index is 10.3. The van der Waals surface area contributed by atoms with E-state index in [-0.39, 0.29) is 0 Å². The van der Waals surface area contributed by atoms with E-state index in [0.717, 1.165) is 23.8 Å². The molecule has 0 radical (unpaired) electrons. The van der Waals surface area contributed by atoms with Crippen molar-refractivity contribution in [1.82, 2.24) is 5.32 Å². The second kappa shape index (κ2) is 6.95. The van der Waals surface area contributed by atoms with Gasteiger partial charge in [0.05, 0.1) is 20.3 Å². The lowest BCUT2D eigenvalue weighted by atomic mass is 10.1. The molecule has 112 valence electrons. The summed E-state index contributed by atoms with van der Waals surface area (Å²) in [6.45, 7) is 3.75. The van der Waals surface area contributed by atoms with E-state index in [0.29, 0.717) is 18.2 Å². The summed E-state index contributed by atoms with van der Waals surface area (Å²) in [6, 6.07) is 5.48. The summed E-state index contributed by atoms with van der Waals surface area (Å²) in [5, 5.41) is 13.7. The first kappa shape index (κ1) is 15.1. The average molecular weight is 279 g/mol. The van der Waals surface area contributed by atoms with Gasteiger partial charge in [0.15, 0.2) is 0 Å². The number of methoxy groups -OCH3 is 2. The number of aliphatic hydroxyl groups is 1. The van der Waals surface area contributed by atoms with Gasteiger partial charge in [-0.25, -0.2) is 0 Å². The van der Waals surface area contributed by atoms with Crippen LogP contribution >= 0.6 is 0 Å². The molecule has 0 aromatic heterocycles. The Bertz CT molecular complexity index is 432. The van der Waals surface area contributed by atoms with Gasteiger partial charge in [-0.1, -0.05) is 6.92 Å². The van der Waals surface area contributed by atoms with Gasteiger partial charge in [0, 0.05) is 12.1 Å². The first-order valence-corrected chi connectivity index (χ1v) is 7.26. The van der Waals surface area contributed by atoms with E-state index in [9.17, 15) is 5.11 Å². The van der Waals surface area contributed by atoms with Crippen molar-refractivity contribution in [3.05, 3.63) is 23.8 Å². The maximum atomic E-state index is 10.3. The Morgan fingerprint density at radius 3 is 2.60 bits per heavy atom. The van der Waals surface area contributed by atoms with Crippen LogP contribution in [0.4, 0.5) is 0 Å². The Morgan fingerprint density at radius 2 is 2.00 bits per heavy atom. The third-order valence-corrected chi connectivity index (χ3v) is 4.03. The van der Waals surface area contributed by atoms with Crippen molar-refractivity contribution in [2.45, 2.75) is 25.9 Å². The molecule has 2 unspecified atom stereocenters. The summed E-state index contributed by atoms with van der Waals surface area (Å²) in [6.07, 6.45) is 2.12. The van der Waals surface area contributed by atoms with E-state index < -0.39 is 6.10 Å². The monoisotopic (exact) mass is 279 g/mol. The third-order valence-electron chi connectivity index (χ3n) is 4.03. The van der Waals surface area contributed by atoms with Crippen LogP contribution < -0.4 is 14.8 Å². The van der Waals surface area contributed by atoms with Gasteiger partial charge in [0.1, 0.15) is 11.5 Å². The van der Waals surface area contributed by atoms with Crippen LogP contribution in [0, 0.1) is 11.8 Å². The first-order valence-electron chi connectivity index (χ1n) is 7.26. The summed E-state index contributed by atoms with van der Waals surface area (Å²) in [5.41, 5.74) is 0.762. The molecule has 0 spiro atoms. The van der Waals surface area contributed by atoms with Crippen molar-refractivity contribution in [3.8, 4) is 11.5 Å². The number of hydrogen-bond donors (Lipinski definition) is 2. The molecule has 1 aromatic carbocycles. The number of ether oxygens (including phenoxy) is 2. The topological polar surface area (TPSA) is 50.7 Å². The van der Waals surface area contributed by atoms with Crippen molar-refractivity contribution < 1.29 is 14.6 Å². The Labute approximate surface area is 121 Å². The predicted molar refractivity (Wildman–Crippen MR) is 79.3 cm³/mol. The third kappa shape index (κ3) is 3.87. The summed E-state index contributed by atoms with van der Waals surface area (Å²) in [5.74, 6) is 2.99. The summed E-state index contributed by atoms with van der Waals surface area (Å²) < 4.78 is 10.5. The Kier molecular flexibility index (Phi) is 5.26. The van der Waals surface area contributed by atoms with E-state index >= 15 is 0 Å². The predicted octanol–water partition coefficient (Wildman–Crippen LogP) is 2.37. The SMILES string of the molecule is COc1ccc(OC)c(C(O)CNCC(C)C2CC2)c1.